The number of nitrogens with zero attached hydrogens (tertiary/aromatic N) is 2. The van der Waals surface area contributed by atoms with Crippen molar-refractivity contribution >= 4 is 40.2 Å². The van der Waals surface area contributed by atoms with E-state index in [4.69, 9.17) is 22.1 Å². The molecule has 2 aromatic carbocycles. The molecule has 1 heterocycles. The number of benzene rings is 2. The predicted molar refractivity (Wildman–Crippen MR) is 109 cm³/mol. The predicted octanol–water partition coefficient (Wildman–Crippen LogP) is 4.17. The lowest BCUT2D eigenvalue weighted by Gasteiger charge is -2.08. The van der Waals surface area contributed by atoms with Crippen LogP contribution in [-0.4, -0.2) is 17.1 Å². The minimum absolute atomic E-state index is 0.0202. The second kappa shape index (κ2) is 8.81. The summed E-state index contributed by atoms with van der Waals surface area (Å²) in [5.41, 5.74) is 9.62. The number of hydrogen-bond acceptors (Lipinski definition) is 6. The number of nitrogens with one attached hydrogen (secondary N) is 1. The fourth-order valence-corrected chi connectivity index (χ4v) is 3.26. The number of aromatic nitrogens is 1. The quantitative estimate of drug-likeness (QED) is 0.464. The van der Waals surface area contributed by atoms with Crippen LogP contribution in [0.25, 0.3) is 0 Å². The molecular formula is C19H16ClFN4O2S. The van der Waals surface area contributed by atoms with Gasteiger partial charge in [-0.25, -0.2) is 14.8 Å². The highest BCUT2D eigenvalue weighted by atomic mass is 35.5. The average molecular weight is 419 g/mol. The molecule has 28 heavy (non-hydrogen) atoms. The number of aryl methyl sites for hydroxylation is 1. The molecule has 0 radical (unpaired) electrons. The van der Waals surface area contributed by atoms with Gasteiger partial charge in [-0.05, 0) is 48.9 Å². The van der Waals surface area contributed by atoms with Gasteiger partial charge < -0.3 is 10.5 Å². The van der Waals surface area contributed by atoms with Crippen LogP contribution in [-0.2, 0) is 6.61 Å². The third-order valence-corrected chi connectivity index (χ3v) is 5.06. The van der Waals surface area contributed by atoms with E-state index >= 15 is 0 Å². The summed E-state index contributed by atoms with van der Waals surface area (Å²) in [5.74, 6) is -0.231. The van der Waals surface area contributed by atoms with Gasteiger partial charge in [0.05, 0.1) is 16.9 Å². The Balaban J connectivity index is 1.56. The van der Waals surface area contributed by atoms with E-state index in [2.05, 4.69) is 15.5 Å². The molecule has 6 nitrogen and oxygen atoms in total. The maximum Gasteiger partial charge on any atom is 0.283 e. The van der Waals surface area contributed by atoms with Gasteiger partial charge >= 0.3 is 0 Å². The smallest absolute Gasteiger partial charge is 0.283 e. The van der Waals surface area contributed by atoms with Crippen molar-refractivity contribution in [2.24, 2.45) is 5.10 Å². The number of hydrogen-bond donors (Lipinski definition) is 2. The van der Waals surface area contributed by atoms with Crippen LogP contribution in [0.4, 0.5) is 9.52 Å². The minimum atomic E-state index is -0.412. The summed E-state index contributed by atoms with van der Waals surface area (Å²) in [6.45, 7) is 1.73. The van der Waals surface area contributed by atoms with Crippen LogP contribution < -0.4 is 15.9 Å². The lowest BCUT2D eigenvalue weighted by molar-refractivity contribution is 0.0958. The number of halogens is 2. The molecular weight excluding hydrogens is 403 g/mol. The Morgan fingerprint density at radius 2 is 2.11 bits per heavy atom. The number of hydrazone groups is 1. The lowest BCUT2D eigenvalue weighted by atomic mass is 10.2. The second-order valence-corrected chi connectivity index (χ2v) is 7.16. The SMILES string of the molecule is Cc1nc(N)sc1C(=O)N/N=C/c1ccc(OCc2c(F)cccc2Cl)cc1. The van der Waals surface area contributed by atoms with Gasteiger partial charge in [-0.3, -0.25) is 4.79 Å². The number of ether oxygens (including phenoxy) is 1. The number of nitrogens with two attached hydrogens (primary N) is 1. The number of carbonyl (C=O) groups is 1. The van der Waals surface area contributed by atoms with Crippen LogP contribution in [0.15, 0.2) is 47.6 Å². The molecule has 0 saturated heterocycles. The zero-order valence-electron chi connectivity index (χ0n) is 14.8. The fourth-order valence-electron chi connectivity index (χ4n) is 2.32. The third kappa shape index (κ3) is 4.85. The maximum atomic E-state index is 13.7. The summed E-state index contributed by atoms with van der Waals surface area (Å²) in [6.07, 6.45) is 1.50. The summed E-state index contributed by atoms with van der Waals surface area (Å²) in [5, 5.41) is 4.57. The largest absolute Gasteiger partial charge is 0.489 e. The standard InChI is InChI=1S/C19H16ClFN4O2S/c1-11-17(28-19(22)24-11)18(26)25-23-9-12-5-7-13(8-6-12)27-10-14-15(20)3-2-4-16(14)21/h2-9H,10H2,1H3,(H2,22,24)(H,25,26)/b23-9+. The Morgan fingerprint density at radius 3 is 2.75 bits per heavy atom. The van der Waals surface area contributed by atoms with Crippen molar-refractivity contribution in [3.8, 4) is 5.75 Å². The average Bonchev–Trinajstić information content (AvgIpc) is 3.01. The third-order valence-electron chi connectivity index (χ3n) is 3.72. The molecule has 0 fully saturated rings. The van der Waals surface area contributed by atoms with Crippen molar-refractivity contribution in [3.63, 3.8) is 0 Å². The van der Waals surface area contributed by atoms with Gasteiger partial charge in [0.2, 0.25) is 0 Å². The Labute approximate surface area is 169 Å². The van der Waals surface area contributed by atoms with Gasteiger partial charge in [0.1, 0.15) is 23.1 Å². The second-order valence-electron chi connectivity index (χ2n) is 5.72. The molecule has 9 heteroatoms. The van der Waals surface area contributed by atoms with Gasteiger partial charge in [0.15, 0.2) is 5.13 Å². The molecule has 0 unspecified atom stereocenters. The molecule has 1 aromatic heterocycles. The molecule has 144 valence electrons. The molecule has 3 N–H and O–H groups in total. The number of anilines is 1. The van der Waals surface area contributed by atoms with Crippen molar-refractivity contribution < 1.29 is 13.9 Å². The van der Waals surface area contributed by atoms with E-state index in [-0.39, 0.29) is 12.5 Å². The first-order valence-electron chi connectivity index (χ1n) is 8.16. The van der Waals surface area contributed by atoms with E-state index < -0.39 is 5.82 Å². The molecule has 0 bridgehead atoms. The number of rotatable bonds is 6. The summed E-state index contributed by atoms with van der Waals surface area (Å²) < 4.78 is 19.3. The van der Waals surface area contributed by atoms with Crippen LogP contribution >= 0.6 is 22.9 Å². The van der Waals surface area contributed by atoms with Crippen molar-refractivity contribution in [2.75, 3.05) is 5.73 Å². The first-order chi connectivity index (χ1) is 13.4. The van der Waals surface area contributed by atoms with Crippen LogP contribution in [0.5, 0.6) is 5.75 Å². The van der Waals surface area contributed by atoms with Crippen molar-refractivity contribution in [2.45, 2.75) is 13.5 Å². The monoisotopic (exact) mass is 418 g/mol. The Bertz CT molecular complexity index is 1000. The van der Waals surface area contributed by atoms with E-state index in [1.165, 1.54) is 12.3 Å². The molecule has 0 spiro atoms. The highest BCUT2D eigenvalue weighted by Gasteiger charge is 2.13. The molecule has 3 aromatic rings. The number of thiazole rings is 1. The number of carbonyl (C=O) groups excluding carboxylic acids is 1. The zero-order valence-corrected chi connectivity index (χ0v) is 16.4. The van der Waals surface area contributed by atoms with E-state index in [0.717, 1.165) is 16.9 Å². The highest BCUT2D eigenvalue weighted by molar-refractivity contribution is 7.17. The highest BCUT2D eigenvalue weighted by Crippen LogP contribution is 2.22. The van der Waals surface area contributed by atoms with Crippen molar-refractivity contribution in [3.05, 3.63) is 75.0 Å². The van der Waals surface area contributed by atoms with Gasteiger partial charge in [-0.1, -0.05) is 29.0 Å². The van der Waals surface area contributed by atoms with E-state index in [9.17, 15) is 9.18 Å². The van der Waals surface area contributed by atoms with Gasteiger partial charge in [-0.2, -0.15) is 5.10 Å². The maximum absolute atomic E-state index is 13.7. The molecule has 0 aliphatic rings. The minimum Gasteiger partial charge on any atom is -0.489 e. The van der Waals surface area contributed by atoms with Gasteiger partial charge in [0, 0.05) is 5.56 Å². The van der Waals surface area contributed by atoms with Gasteiger partial charge in [-0.15, -0.1) is 0 Å². The zero-order chi connectivity index (χ0) is 20.1. The molecule has 0 aliphatic heterocycles. The fraction of sp³-hybridized carbons (Fsp3) is 0.105. The topological polar surface area (TPSA) is 89.6 Å². The molecule has 3 rings (SSSR count). The van der Waals surface area contributed by atoms with Crippen LogP contribution in [0, 0.1) is 12.7 Å². The number of nitrogen functional groups attached to an aromatic ring is 1. The summed E-state index contributed by atoms with van der Waals surface area (Å²) in [6, 6.07) is 11.4. The first-order valence-corrected chi connectivity index (χ1v) is 9.35. The summed E-state index contributed by atoms with van der Waals surface area (Å²) in [4.78, 5) is 16.4. The lowest BCUT2D eigenvalue weighted by Crippen LogP contribution is -2.17. The summed E-state index contributed by atoms with van der Waals surface area (Å²) in [7, 11) is 0. The van der Waals surface area contributed by atoms with Crippen molar-refractivity contribution in [1.29, 1.82) is 0 Å². The van der Waals surface area contributed by atoms with Crippen LogP contribution in [0.3, 0.4) is 0 Å². The van der Waals surface area contributed by atoms with E-state index in [0.29, 0.717) is 32.0 Å². The normalized spacial score (nSPS) is 11.0. The van der Waals surface area contributed by atoms with E-state index in [1.54, 1.807) is 43.3 Å². The summed E-state index contributed by atoms with van der Waals surface area (Å²) >= 11 is 7.08. The van der Waals surface area contributed by atoms with Crippen LogP contribution in [0.2, 0.25) is 5.02 Å². The van der Waals surface area contributed by atoms with Gasteiger partial charge in [0.25, 0.3) is 5.91 Å². The number of amides is 1. The molecule has 0 aliphatic carbocycles. The van der Waals surface area contributed by atoms with Crippen molar-refractivity contribution in [1.82, 2.24) is 10.4 Å². The molecule has 0 atom stereocenters. The molecule has 1 amide bonds. The van der Waals surface area contributed by atoms with Crippen LogP contribution in [0.1, 0.15) is 26.5 Å². The first kappa shape index (κ1) is 19.8. The molecule has 0 saturated carbocycles. The Morgan fingerprint density at radius 1 is 1.36 bits per heavy atom. The van der Waals surface area contributed by atoms with E-state index in [1.807, 2.05) is 0 Å². The Hall–Kier alpha value is -2.97. The Kier molecular flexibility index (Phi) is 6.23.